The molecule has 4 heteroatoms. The van der Waals surface area contributed by atoms with Gasteiger partial charge in [0.25, 0.3) is 0 Å². The van der Waals surface area contributed by atoms with Gasteiger partial charge in [-0.1, -0.05) is 112 Å². The summed E-state index contributed by atoms with van der Waals surface area (Å²) in [7, 11) is 0. The molecule has 6 aromatic carbocycles. The smallest absolute Gasteiger partial charge is 0.0896 e. The normalized spacial score (nSPS) is 11.7. The minimum absolute atomic E-state index is 0.162. The Bertz CT molecular complexity index is 2560. The monoisotopic (exact) mass is 858 g/mol. The van der Waals surface area contributed by atoms with Crippen LogP contribution in [0.15, 0.2) is 118 Å². The van der Waals surface area contributed by atoms with Crippen molar-refractivity contribution in [2.45, 2.75) is 107 Å². The van der Waals surface area contributed by atoms with E-state index in [0.29, 0.717) is 0 Å². The zero-order chi connectivity index (χ0) is 42.3. The molecule has 2 nitrogen and oxygen atoms in total. The van der Waals surface area contributed by atoms with Crippen LogP contribution in [0, 0.1) is 41.5 Å². The van der Waals surface area contributed by atoms with Gasteiger partial charge in [0.15, 0.2) is 0 Å². The zero-order valence-electron chi connectivity index (χ0n) is 37.2. The molecule has 0 radical (unpaired) electrons. The van der Waals surface area contributed by atoms with Crippen LogP contribution >= 0.6 is 0 Å². The summed E-state index contributed by atoms with van der Waals surface area (Å²) < 4.78 is 11.7. The molecule has 0 amide bonds. The molecule has 0 aliphatic carbocycles. The summed E-state index contributed by atoms with van der Waals surface area (Å²) >= 11 is 1.74. The maximum atomic E-state index is 5.85. The van der Waals surface area contributed by atoms with E-state index in [1.807, 2.05) is 26.0 Å². The van der Waals surface area contributed by atoms with E-state index in [1.54, 1.807) is 23.3 Å². The van der Waals surface area contributed by atoms with Gasteiger partial charge in [0.2, 0.25) is 0 Å². The van der Waals surface area contributed by atoms with E-state index in [2.05, 4.69) is 179 Å². The Kier molecular flexibility index (Phi) is 12.8. The molecule has 0 aliphatic heterocycles. The summed E-state index contributed by atoms with van der Waals surface area (Å²) in [6, 6.07) is 39.9. The molecule has 0 bridgehead atoms. The van der Waals surface area contributed by atoms with Gasteiger partial charge in [-0.2, -0.15) is 0 Å². The number of fused-ring (bicyclic) bond motifs is 2. The van der Waals surface area contributed by atoms with E-state index in [9.17, 15) is 0 Å². The van der Waals surface area contributed by atoms with Gasteiger partial charge in [-0.05, 0) is 121 Å². The van der Waals surface area contributed by atoms with Crippen molar-refractivity contribution in [3.63, 3.8) is 0 Å². The van der Waals surface area contributed by atoms with Gasteiger partial charge in [-0.3, -0.25) is 0 Å². The molecule has 2 heterocycles. The Morgan fingerprint density at radius 2 is 0.828 bits per heavy atom. The topological polar surface area (TPSA) is 26.3 Å². The first-order valence-electron chi connectivity index (χ1n) is 20.5. The second kappa shape index (κ2) is 17.2. The van der Waals surface area contributed by atoms with Crippen LogP contribution in [0.2, 0.25) is 13.1 Å². The fourth-order valence-electron chi connectivity index (χ4n) is 7.78. The molecule has 0 atom stereocenters. The molecule has 0 unspecified atom stereocenters. The number of rotatable bonds is 4. The van der Waals surface area contributed by atoms with E-state index >= 15 is 0 Å². The van der Waals surface area contributed by atoms with Crippen LogP contribution in [0.4, 0.5) is 0 Å². The maximum Gasteiger partial charge on any atom is 0.0896 e. The van der Waals surface area contributed by atoms with Crippen molar-refractivity contribution in [3.05, 3.63) is 154 Å². The Morgan fingerprint density at radius 1 is 0.466 bits per heavy atom. The van der Waals surface area contributed by atoms with Gasteiger partial charge >= 0.3 is 41.9 Å². The fourth-order valence-corrected chi connectivity index (χ4v) is 7.78. The maximum absolute atomic E-state index is 5.85. The quantitative estimate of drug-likeness (QED) is 0.130. The molecule has 0 saturated carbocycles. The van der Waals surface area contributed by atoms with Crippen molar-refractivity contribution in [1.29, 1.82) is 0 Å². The first-order valence-corrected chi connectivity index (χ1v) is 26.7. The number of aryl methyl sites for hydroxylation is 6. The van der Waals surface area contributed by atoms with Crippen molar-refractivity contribution in [1.82, 2.24) is 0 Å². The molecule has 0 aliphatic rings. The second-order valence-electron chi connectivity index (χ2n) is 18.4. The fraction of sp³-hybridized carbons (Fsp3) is 0.296. The van der Waals surface area contributed by atoms with Crippen LogP contribution < -0.4 is 0 Å². The predicted molar refractivity (Wildman–Crippen MR) is 249 cm³/mol. The predicted octanol–water partition coefficient (Wildman–Crippen LogP) is 16.2. The average Bonchev–Trinajstić information content (AvgIpc) is 3.95. The summed E-state index contributed by atoms with van der Waals surface area (Å²) in [5.41, 5.74) is 16.2. The first kappa shape index (κ1) is 43.3. The van der Waals surface area contributed by atoms with E-state index in [4.69, 9.17) is 8.83 Å². The molecular formula is C54H60O2SiZr. The van der Waals surface area contributed by atoms with Gasteiger partial charge < -0.3 is 8.83 Å². The Balaban J connectivity index is 0.000000179. The summed E-state index contributed by atoms with van der Waals surface area (Å²) in [5.74, 6) is 3.76. The third-order valence-corrected chi connectivity index (χ3v) is 11.0. The molecule has 0 fully saturated rings. The van der Waals surface area contributed by atoms with E-state index in [0.717, 1.165) is 34.2 Å². The number of benzene rings is 4. The van der Waals surface area contributed by atoms with Crippen LogP contribution in [0.3, 0.4) is 0 Å². The van der Waals surface area contributed by atoms with E-state index in [1.165, 1.54) is 77.2 Å². The van der Waals surface area contributed by atoms with Gasteiger partial charge in [-0.25, -0.2) is 0 Å². The molecule has 0 N–H and O–H groups in total. The summed E-state index contributed by atoms with van der Waals surface area (Å²) in [4.78, 5) is 0. The van der Waals surface area contributed by atoms with Crippen LogP contribution in [-0.4, -0.2) is 5.43 Å². The van der Waals surface area contributed by atoms with Crippen molar-refractivity contribution in [3.8, 4) is 44.9 Å². The molecular weight excluding hydrogens is 800 g/mol. The van der Waals surface area contributed by atoms with Crippen LogP contribution in [-0.2, 0) is 34.2 Å². The largest absolute Gasteiger partial charge is 0.496 e. The second-order valence-corrected chi connectivity index (χ2v) is 27.8. The van der Waals surface area contributed by atoms with Crippen molar-refractivity contribution >= 4 is 27.0 Å². The SMILES string of the molecule is C[Si](C)=[Zr+2].Cc1ccc(-c2cc3c(-c4ccc(C(C)(C)C)cc4C)c(C)ccc3[cH-]2)o1.Cc1ccc(-c2cc3c(-c4ccc(C(C)(C)C)cc4C)c(C)ccc3[cH-]2)o1. The molecule has 2 aromatic heterocycles. The standard InChI is InChI=1S/2C26H27O.C2H6Si.Zr/c2*1-16-7-9-19-14-20(24-12-8-18(3)27-24)15-23(19)25(16)22-11-10-21(13-17(22)2)26(4,5)6;1-3-2;/h2*7-15H,1-6H3;1-2H3;/q2*-1;;+2. The molecule has 296 valence electrons. The van der Waals surface area contributed by atoms with Crippen molar-refractivity contribution in [2.75, 3.05) is 0 Å². The average molecular weight is 860 g/mol. The van der Waals surface area contributed by atoms with E-state index < -0.39 is 0 Å². The van der Waals surface area contributed by atoms with Crippen molar-refractivity contribution in [2.24, 2.45) is 0 Å². The van der Waals surface area contributed by atoms with Gasteiger partial charge in [-0.15, -0.1) is 57.9 Å². The molecule has 8 rings (SSSR count). The van der Waals surface area contributed by atoms with Crippen LogP contribution in [0.25, 0.3) is 66.4 Å². The van der Waals surface area contributed by atoms with Crippen molar-refractivity contribution < 1.29 is 32.2 Å². The zero-order valence-corrected chi connectivity index (χ0v) is 40.7. The van der Waals surface area contributed by atoms with E-state index in [-0.39, 0.29) is 16.3 Å². The van der Waals surface area contributed by atoms with Crippen LogP contribution in [0.1, 0.15) is 86.4 Å². The minimum atomic E-state index is 0.162. The van der Waals surface area contributed by atoms with Gasteiger partial charge in [0, 0.05) is 0 Å². The number of furan rings is 2. The van der Waals surface area contributed by atoms with Gasteiger partial charge in [0.1, 0.15) is 0 Å². The molecule has 0 saturated heterocycles. The van der Waals surface area contributed by atoms with Gasteiger partial charge in [0.05, 0.1) is 23.0 Å². The third kappa shape index (κ3) is 9.62. The third-order valence-electron chi connectivity index (χ3n) is 11.0. The molecule has 8 aromatic rings. The Morgan fingerprint density at radius 3 is 1.12 bits per heavy atom. The minimum Gasteiger partial charge on any atom is -0.496 e. The molecule has 0 spiro atoms. The number of hydrogen-bond donors (Lipinski definition) is 0. The summed E-state index contributed by atoms with van der Waals surface area (Å²) in [5, 5.41) is 5.12. The molecule has 58 heavy (non-hydrogen) atoms. The first-order chi connectivity index (χ1) is 27.2. The summed E-state index contributed by atoms with van der Waals surface area (Å²) in [6.45, 7) is 31.0. The van der Waals surface area contributed by atoms with Crippen LogP contribution in [0.5, 0.6) is 0 Å². The Hall–Kier alpha value is -4.24. The Labute approximate surface area is 362 Å². The summed E-state index contributed by atoms with van der Waals surface area (Å²) in [6.07, 6.45) is 0. The number of hydrogen-bond acceptors (Lipinski definition) is 2.